The molecule has 0 radical (unpaired) electrons. The molecule has 2 heterocycles. The molecule has 2 unspecified atom stereocenters. The molecule has 96 valence electrons. The number of hydrogen-bond acceptors (Lipinski definition) is 3. The molecule has 1 fully saturated rings. The fourth-order valence-corrected chi connectivity index (χ4v) is 3.52. The summed E-state index contributed by atoms with van der Waals surface area (Å²) in [5.74, 6) is 0. The van der Waals surface area contributed by atoms with Crippen LogP contribution in [0, 0.1) is 0 Å². The Hall–Kier alpha value is -0.380. The lowest BCUT2D eigenvalue weighted by Gasteiger charge is -2.17. The molecule has 2 atom stereocenters. The highest BCUT2D eigenvalue weighted by atomic mass is 32.1. The molecule has 0 amide bonds. The molecular weight excluding hydrogens is 230 g/mol. The summed E-state index contributed by atoms with van der Waals surface area (Å²) < 4.78 is 5.69. The third-order valence-electron chi connectivity index (χ3n) is 3.52. The molecule has 0 bridgehead atoms. The van der Waals surface area contributed by atoms with E-state index in [0.29, 0.717) is 12.1 Å². The van der Waals surface area contributed by atoms with E-state index in [1.54, 1.807) is 0 Å². The molecule has 0 aliphatic carbocycles. The standard InChI is InChI=1S/C14H23NOS/c1-3-12-7-9-14(17-12)13(15-2)8-6-11-5-4-10-16-11/h7,9,11,13,15H,3-6,8,10H2,1-2H3. The van der Waals surface area contributed by atoms with Crippen molar-refractivity contribution in [2.45, 2.75) is 51.2 Å². The lowest BCUT2D eigenvalue weighted by Crippen LogP contribution is -2.17. The van der Waals surface area contributed by atoms with Crippen LogP contribution in [0.1, 0.15) is 48.4 Å². The van der Waals surface area contributed by atoms with Gasteiger partial charge in [0.2, 0.25) is 0 Å². The van der Waals surface area contributed by atoms with E-state index in [-0.39, 0.29) is 0 Å². The van der Waals surface area contributed by atoms with Crippen molar-refractivity contribution < 1.29 is 4.74 Å². The van der Waals surface area contributed by atoms with E-state index in [1.807, 2.05) is 11.3 Å². The molecule has 0 aromatic carbocycles. The Labute approximate surface area is 108 Å². The summed E-state index contributed by atoms with van der Waals surface area (Å²) >= 11 is 1.94. The second-order valence-corrected chi connectivity index (χ2v) is 5.91. The van der Waals surface area contributed by atoms with E-state index in [1.165, 1.54) is 35.4 Å². The summed E-state index contributed by atoms with van der Waals surface area (Å²) in [6.45, 7) is 3.18. The zero-order valence-corrected chi connectivity index (χ0v) is 11.7. The van der Waals surface area contributed by atoms with Gasteiger partial charge in [0.1, 0.15) is 0 Å². The van der Waals surface area contributed by atoms with Crippen LogP contribution in [0.5, 0.6) is 0 Å². The lowest BCUT2D eigenvalue weighted by atomic mass is 10.0. The maximum Gasteiger partial charge on any atom is 0.0576 e. The molecule has 1 N–H and O–H groups in total. The van der Waals surface area contributed by atoms with Crippen LogP contribution in [-0.4, -0.2) is 19.8 Å². The third-order valence-corrected chi connectivity index (χ3v) is 4.87. The van der Waals surface area contributed by atoms with Crippen LogP contribution in [0.4, 0.5) is 0 Å². The Morgan fingerprint density at radius 2 is 2.41 bits per heavy atom. The maximum absolute atomic E-state index is 5.69. The SMILES string of the molecule is CCc1ccc(C(CCC2CCCO2)NC)s1. The third kappa shape index (κ3) is 3.54. The van der Waals surface area contributed by atoms with Gasteiger partial charge in [-0.05, 0) is 51.3 Å². The molecule has 1 aliphatic rings. The van der Waals surface area contributed by atoms with Gasteiger partial charge in [-0.3, -0.25) is 0 Å². The minimum atomic E-state index is 0.504. The Bertz CT molecular complexity index is 331. The predicted octanol–water partition coefficient (Wildman–Crippen LogP) is 3.53. The van der Waals surface area contributed by atoms with Gasteiger partial charge in [-0.2, -0.15) is 0 Å². The first-order valence-corrected chi connectivity index (χ1v) is 7.52. The maximum atomic E-state index is 5.69. The normalized spacial score (nSPS) is 21.9. The molecule has 1 saturated heterocycles. The minimum Gasteiger partial charge on any atom is -0.378 e. The molecule has 0 saturated carbocycles. The van der Waals surface area contributed by atoms with Crippen LogP contribution >= 0.6 is 11.3 Å². The van der Waals surface area contributed by atoms with Crippen molar-refractivity contribution >= 4 is 11.3 Å². The van der Waals surface area contributed by atoms with Crippen LogP contribution in [0.2, 0.25) is 0 Å². The van der Waals surface area contributed by atoms with Crippen LogP contribution in [0.3, 0.4) is 0 Å². The number of nitrogens with one attached hydrogen (secondary N) is 1. The zero-order valence-electron chi connectivity index (χ0n) is 10.9. The molecular formula is C14H23NOS. The molecule has 17 heavy (non-hydrogen) atoms. The minimum absolute atomic E-state index is 0.504. The zero-order chi connectivity index (χ0) is 12.1. The van der Waals surface area contributed by atoms with Gasteiger partial charge in [0.25, 0.3) is 0 Å². The van der Waals surface area contributed by atoms with Crippen molar-refractivity contribution in [1.29, 1.82) is 0 Å². The molecule has 2 nitrogen and oxygen atoms in total. The highest BCUT2D eigenvalue weighted by Gasteiger charge is 2.18. The van der Waals surface area contributed by atoms with E-state index in [9.17, 15) is 0 Å². The van der Waals surface area contributed by atoms with E-state index >= 15 is 0 Å². The Kier molecular flexibility index (Phi) is 5.01. The number of thiophene rings is 1. The second kappa shape index (κ2) is 6.53. The first-order chi connectivity index (χ1) is 8.33. The largest absolute Gasteiger partial charge is 0.378 e. The summed E-state index contributed by atoms with van der Waals surface area (Å²) in [4.78, 5) is 2.96. The fourth-order valence-electron chi connectivity index (χ4n) is 2.43. The van der Waals surface area contributed by atoms with E-state index in [2.05, 4.69) is 31.4 Å². The van der Waals surface area contributed by atoms with Gasteiger partial charge < -0.3 is 10.1 Å². The average Bonchev–Trinajstić information content (AvgIpc) is 3.00. The number of hydrogen-bond donors (Lipinski definition) is 1. The molecule has 1 aromatic rings. The van der Waals surface area contributed by atoms with Crippen molar-refractivity contribution in [2.75, 3.05) is 13.7 Å². The summed E-state index contributed by atoms with van der Waals surface area (Å²) in [7, 11) is 2.06. The Balaban J connectivity index is 1.86. The van der Waals surface area contributed by atoms with E-state index in [4.69, 9.17) is 4.74 Å². The monoisotopic (exact) mass is 253 g/mol. The van der Waals surface area contributed by atoms with Gasteiger partial charge >= 0.3 is 0 Å². The van der Waals surface area contributed by atoms with Crippen LogP contribution in [0.25, 0.3) is 0 Å². The van der Waals surface area contributed by atoms with Crippen molar-refractivity contribution in [1.82, 2.24) is 5.32 Å². The van der Waals surface area contributed by atoms with Crippen LogP contribution in [-0.2, 0) is 11.2 Å². The van der Waals surface area contributed by atoms with Gasteiger partial charge in [-0.15, -0.1) is 11.3 Å². The molecule has 1 aliphatic heterocycles. The highest BCUT2D eigenvalue weighted by Crippen LogP contribution is 2.28. The van der Waals surface area contributed by atoms with Crippen molar-refractivity contribution in [2.24, 2.45) is 0 Å². The van der Waals surface area contributed by atoms with Crippen molar-refractivity contribution in [3.8, 4) is 0 Å². The molecule has 1 aromatic heterocycles. The quantitative estimate of drug-likeness (QED) is 0.837. The summed E-state index contributed by atoms with van der Waals surface area (Å²) in [5, 5.41) is 3.43. The summed E-state index contributed by atoms with van der Waals surface area (Å²) in [6, 6.07) is 5.04. The van der Waals surface area contributed by atoms with Crippen molar-refractivity contribution in [3.63, 3.8) is 0 Å². The first-order valence-electron chi connectivity index (χ1n) is 6.71. The van der Waals surface area contributed by atoms with Gasteiger partial charge in [-0.1, -0.05) is 6.92 Å². The number of rotatable bonds is 6. The molecule has 0 spiro atoms. The predicted molar refractivity (Wildman–Crippen MR) is 73.7 cm³/mol. The first kappa shape index (κ1) is 13.1. The Morgan fingerprint density at radius 3 is 3.00 bits per heavy atom. The van der Waals surface area contributed by atoms with Crippen LogP contribution in [0.15, 0.2) is 12.1 Å². The smallest absolute Gasteiger partial charge is 0.0576 e. The van der Waals surface area contributed by atoms with E-state index < -0.39 is 0 Å². The van der Waals surface area contributed by atoms with Crippen molar-refractivity contribution in [3.05, 3.63) is 21.9 Å². The van der Waals surface area contributed by atoms with Gasteiger partial charge in [0.15, 0.2) is 0 Å². The number of ether oxygens (including phenoxy) is 1. The van der Waals surface area contributed by atoms with Gasteiger partial charge in [-0.25, -0.2) is 0 Å². The lowest BCUT2D eigenvalue weighted by molar-refractivity contribution is 0.0999. The fraction of sp³-hybridized carbons (Fsp3) is 0.714. The Morgan fingerprint density at radius 1 is 1.53 bits per heavy atom. The highest BCUT2D eigenvalue weighted by molar-refractivity contribution is 7.12. The number of aryl methyl sites for hydroxylation is 1. The summed E-state index contributed by atoms with van der Waals surface area (Å²) in [6.07, 6.45) is 6.52. The molecule has 2 rings (SSSR count). The van der Waals surface area contributed by atoms with Crippen LogP contribution < -0.4 is 5.32 Å². The van der Waals surface area contributed by atoms with Gasteiger partial charge in [0, 0.05) is 22.4 Å². The van der Waals surface area contributed by atoms with E-state index in [0.717, 1.165) is 13.0 Å². The summed E-state index contributed by atoms with van der Waals surface area (Å²) in [5.41, 5.74) is 0. The topological polar surface area (TPSA) is 21.3 Å². The second-order valence-electron chi connectivity index (χ2n) is 4.71. The molecule has 3 heteroatoms. The average molecular weight is 253 g/mol. The van der Waals surface area contributed by atoms with Gasteiger partial charge in [0.05, 0.1) is 6.10 Å².